The molecule has 0 saturated carbocycles. The van der Waals surface area contributed by atoms with E-state index in [0.717, 1.165) is 0 Å². The fourth-order valence-electron chi connectivity index (χ4n) is 3.02. The minimum absolute atomic E-state index is 0.0196. The molecule has 2 rings (SSSR count). The molecule has 0 aromatic heterocycles. The Kier molecular flexibility index (Phi) is 7.49. The van der Waals surface area contributed by atoms with Gasteiger partial charge >= 0.3 is 0 Å². The number of hydrogen-bond acceptors (Lipinski definition) is 11. The van der Waals surface area contributed by atoms with Crippen LogP contribution < -0.4 is 0 Å². The largest absolute Gasteiger partial charge is 0.394 e. The molecule has 11 nitrogen and oxygen atoms in total. The Hall–Kier alpha value is -0.440. The summed E-state index contributed by atoms with van der Waals surface area (Å²) in [6, 6.07) is 0. The van der Waals surface area contributed by atoms with Crippen LogP contribution in [0.4, 0.5) is 0 Å². The normalized spacial score (nSPS) is 48.5. The molecular weight excluding hydrogens is 344 g/mol. The monoisotopic (exact) mass is 370 g/mol. The Morgan fingerprint density at radius 3 is 1.84 bits per heavy atom. The molecule has 2 aliphatic heterocycles. The quantitative estimate of drug-likeness (QED) is 0.210. The Balaban J connectivity index is 1.80. The Morgan fingerprint density at radius 1 is 0.680 bits per heavy atom. The van der Waals surface area contributed by atoms with E-state index < -0.39 is 67.8 Å². The van der Waals surface area contributed by atoms with E-state index in [1.54, 1.807) is 0 Å². The number of hydrogen-bond donors (Lipinski definition) is 8. The van der Waals surface area contributed by atoms with Crippen LogP contribution in [0, 0.1) is 5.92 Å². The van der Waals surface area contributed by atoms with Crippen molar-refractivity contribution in [1.82, 2.24) is 0 Å². The van der Waals surface area contributed by atoms with Gasteiger partial charge in [-0.3, -0.25) is 0 Å². The van der Waals surface area contributed by atoms with Crippen molar-refractivity contribution >= 4 is 0 Å². The molecule has 11 heteroatoms. The maximum atomic E-state index is 9.98. The minimum Gasteiger partial charge on any atom is -0.394 e. The van der Waals surface area contributed by atoms with Crippen LogP contribution in [0.3, 0.4) is 0 Å². The zero-order valence-electron chi connectivity index (χ0n) is 13.4. The average molecular weight is 370 g/mol. The molecule has 0 aromatic rings. The molecule has 0 amide bonds. The zero-order chi connectivity index (χ0) is 18.7. The van der Waals surface area contributed by atoms with Crippen LogP contribution in [0.2, 0.25) is 0 Å². The molecule has 2 saturated heterocycles. The Bertz CT molecular complexity index is 408. The SMILES string of the molecule is OCC1OC(O)C(O)C(O)C1CCOCC1OC(O)C(O)C(O)C1O. The summed E-state index contributed by atoms with van der Waals surface area (Å²) in [5.74, 6) is -0.696. The highest BCUT2D eigenvalue weighted by Gasteiger charge is 2.44. The van der Waals surface area contributed by atoms with Gasteiger partial charge in [-0.05, 0) is 6.42 Å². The fraction of sp³-hybridized carbons (Fsp3) is 1.00. The summed E-state index contributed by atoms with van der Waals surface area (Å²) in [6.45, 7) is -0.654. The van der Waals surface area contributed by atoms with E-state index in [4.69, 9.17) is 14.2 Å². The standard InChI is InChI=1S/C14H26O11/c15-3-6-5(8(16)11(19)13(21)24-6)1-2-23-4-7-9(17)10(18)12(20)14(22)25-7/h5-22H,1-4H2. The molecule has 2 fully saturated rings. The summed E-state index contributed by atoms with van der Waals surface area (Å²) >= 11 is 0. The van der Waals surface area contributed by atoms with Crippen LogP contribution in [-0.4, -0.2) is 116 Å². The lowest BCUT2D eigenvalue weighted by molar-refractivity contribution is -0.290. The molecular formula is C14H26O11. The topological polar surface area (TPSA) is 190 Å². The summed E-state index contributed by atoms with van der Waals surface area (Å²) in [4.78, 5) is 0. The second-order valence-electron chi connectivity index (χ2n) is 6.29. The predicted octanol–water partition coefficient (Wildman–Crippen LogP) is -4.76. The first kappa shape index (κ1) is 20.9. The van der Waals surface area contributed by atoms with Crippen LogP contribution in [0.15, 0.2) is 0 Å². The van der Waals surface area contributed by atoms with Crippen molar-refractivity contribution in [3.05, 3.63) is 0 Å². The highest BCUT2D eigenvalue weighted by atomic mass is 16.6. The molecule has 0 radical (unpaired) electrons. The summed E-state index contributed by atoms with van der Waals surface area (Å²) < 4.78 is 15.3. The molecule has 25 heavy (non-hydrogen) atoms. The van der Waals surface area contributed by atoms with Crippen molar-refractivity contribution in [3.63, 3.8) is 0 Å². The maximum absolute atomic E-state index is 9.98. The molecule has 8 N–H and O–H groups in total. The van der Waals surface area contributed by atoms with Crippen molar-refractivity contribution in [1.29, 1.82) is 0 Å². The maximum Gasteiger partial charge on any atom is 0.184 e. The van der Waals surface area contributed by atoms with E-state index in [0.29, 0.717) is 0 Å². The molecule has 2 heterocycles. The van der Waals surface area contributed by atoms with E-state index >= 15 is 0 Å². The molecule has 0 aromatic carbocycles. The first-order valence-corrected chi connectivity index (χ1v) is 8.04. The van der Waals surface area contributed by atoms with Crippen molar-refractivity contribution in [2.45, 2.75) is 61.7 Å². The van der Waals surface area contributed by atoms with Crippen molar-refractivity contribution in [2.75, 3.05) is 19.8 Å². The molecule has 0 bridgehead atoms. The van der Waals surface area contributed by atoms with Gasteiger partial charge in [-0.1, -0.05) is 0 Å². The fourth-order valence-corrected chi connectivity index (χ4v) is 3.02. The van der Waals surface area contributed by atoms with Crippen LogP contribution in [0.25, 0.3) is 0 Å². The second kappa shape index (κ2) is 8.97. The third-order valence-corrected chi connectivity index (χ3v) is 4.62. The molecule has 10 atom stereocenters. The van der Waals surface area contributed by atoms with Gasteiger partial charge in [0.25, 0.3) is 0 Å². The zero-order valence-corrected chi connectivity index (χ0v) is 13.4. The summed E-state index contributed by atoms with van der Waals surface area (Å²) in [7, 11) is 0. The van der Waals surface area contributed by atoms with Gasteiger partial charge in [-0.25, -0.2) is 0 Å². The lowest BCUT2D eigenvalue weighted by Crippen LogP contribution is -2.58. The summed E-state index contributed by atoms with van der Waals surface area (Å²) in [5, 5.41) is 76.4. The van der Waals surface area contributed by atoms with E-state index in [-0.39, 0.29) is 19.6 Å². The van der Waals surface area contributed by atoms with Crippen molar-refractivity contribution < 1.29 is 55.1 Å². The smallest absolute Gasteiger partial charge is 0.184 e. The molecule has 10 unspecified atom stereocenters. The number of ether oxygens (including phenoxy) is 3. The van der Waals surface area contributed by atoms with E-state index in [1.165, 1.54) is 0 Å². The molecule has 2 aliphatic rings. The minimum atomic E-state index is -1.66. The average Bonchev–Trinajstić information content (AvgIpc) is 2.60. The highest BCUT2D eigenvalue weighted by molar-refractivity contribution is 4.89. The van der Waals surface area contributed by atoms with Gasteiger partial charge in [0.2, 0.25) is 0 Å². The van der Waals surface area contributed by atoms with Gasteiger partial charge in [0.1, 0.15) is 30.5 Å². The molecule has 0 spiro atoms. The van der Waals surface area contributed by atoms with E-state index in [1.807, 2.05) is 0 Å². The molecule has 0 aliphatic carbocycles. The number of aliphatic hydroxyl groups excluding tert-OH is 8. The lowest BCUT2D eigenvalue weighted by atomic mass is 9.87. The van der Waals surface area contributed by atoms with Crippen LogP contribution in [0.5, 0.6) is 0 Å². The van der Waals surface area contributed by atoms with Crippen LogP contribution >= 0.6 is 0 Å². The number of rotatable bonds is 6. The lowest BCUT2D eigenvalue weighted by Gasteiger charge is -2.40. The van der Waals surface area contributed by atoms with Gasteiger partial charge in [0, 0.05) is 12.5 Å². The van der Waals surface area contributed by atoms with Gasteiger partial charge in [0.15, 0.2) is 12.6 Å². The van der Waals surface area contributed by atoms with E-state index in [2.05, 4.69) is 0 Å². The van der Waals surface area contributed by atoms with Gasteiger partial charge in [-0.15, -0.1) is 0 Å². The third-order valence-electron chi connectivity index (χ3n) is 4.62. The van der Waals surface area contributed by atoms with Crippen LogP contribution in [-0.2, 0) is 14.2 Å². The van der Waals surface area contributed by atoms with Crippen molar-refractivity contribution in [3.8, 4) is 0 Å². The Morgan fingerprint density at radius 2 is 1.24 bits per heavy atom. The summed E-state index contributed by atoms with van der Waals surface area (Å²) in [5.41, 5.74) is 0. The first-order valence-electron chi connectivity index (χ1n) is 8.04. The van der Waals surface area contributed by atoms with Crippen molar-refractivity contribution in [2.24, 2.45) is 5.92 Å². The highest BCUT2D eigenvalue weighted by Crippen LogP contribution is 2.28. The van der Waals surface area contributed by atoms with Gasteiger partial charge < -0.3 is 55.1 Å². The second-order valence-corrected chi connectivity index (χ2v) is 6.29. The van der Waals surface area contributed by atoms with E-state index in [9.17, 15) is 40.9 Å². The van der Waals surface area contributed by atoms with Crippen LogP contribution in [0.1, 0.15) is 6.42 Å². The predicted molar refractivity (Wildman–Crippen MR) is 77.8 cm³/mol. The number of aliphatic hydroxyl groups is 8. The summed E-state index contributed by atoms with van der Waals surface area (Å²) in [6.07, 6.45) is -12.5. The Labute approximate surface area is 143 Å². The van der Waals surface area contributed by atoms with Gasteiger partial charge in [-0.2, -0.15) is 0 Å². The third kappa shape index (κ3) is 4.64. The van der Waals surface area contributed by atoms with Gasteiger partial charge in [0.05, 0.1) is 25.4 Å². The molecule has 148 valence electrons. The first-order chi connectivity index (χ1) is 11.8.